The first kappa shape index (κ1) is 12.0. The Hall–Kier alpha value is -1.43. The van der Waals surface area contributed by atoms with Gasteiger partial charge in [0.1, 0.15) is 5.75 Å². The molecule has 0 unspecified atom stereocenters. The van der Waals surface area contributed by atoms with Crippen LogP contribution in [0.25, 0.3) is 0 Å². The fraction of sp³-hybridized carbons (Fsp3) is 0.0769. The predicted molar refractivity (Wildman–Crippen MR) is 79.8 cm³/mol. The average Bonchev–Trinajstić information content (AvgIpc) is 2.28. The van der Waals surface area contributed by atoms with Gasteiger partial charge in [0.2, 0.25) is 0 Å². The van der Waals surface area contributed by atoms with E-state index in [0.717, 1.165) is 17.1 Å². The number of nitrogens with two attached hydrogens (primary N) is 1. The summed E-state index contributed by atoms with van der Waals surface area (Å²) < 4.78 is 6.36. The highest BCUT2D eigenvalue weighted by molar-refractivity contribution is 14.1. The van der Waals surface area contributed by atoms with Crippen LogP contribution in [0.1, 0.15) is 0 Å². The van der Waals surface area contributed by atoms with Gasteiger partial charge in [0.25, 0.3) is 0 Å². The molecule has 0 aliphatic carbocycles. The van der Waals surface area contributed by atoms with Crippen LogP contribution in [0.4, 0.5) is 17.1 Å². The van der Waals surface area contributed by atoms with Crippen LogP contribution in [0.5, 0.6) is 5.75 Å². The molecule has 2 aromatic carbocycles. The Labute approximate surface area is 114 Å². The average molecular weight is 340 g/mol. The van der Waals surface area contributed by atoms with Gasteiger partial charge in [-0.2, -0.15) is 0 Å². The van der Waals surface area contributed by atoms with E-state index in [4.69, 9.17) is 10.5 Å². The van der Waals surface area contributed by atoms with Crippen LogP contribution in [0.15, 0.2) is 42.5 Å². The van der Waals surface area contributed by atoms with Crippen LogP contribution in [0.3, 0.4) is 0 Å². The summed E-state index contributed by atoms with van der Waals surface area (Å²) in [4.78, 5) is 0. The Morgan fingerprint density at radius 3 is 2.65 bits per heavy atom. The summed E-state index contributed by atoms with van der Waals surface area (Å²) in [6, 6.07) is 13.7. The van der Waals surface area contributed by atoms with Crippen molar-refractivity contribution in [1.82, 2.24) is 0 Å². The Morgan fingerprint density at radius 1 is 1.12 bits per heavy atom. The summed E-state index contributed by atoms with van der Waals surface area (Å²) in [6.45, 7) is 0. The Morgan fingerprint density at radius 2 is 1.94 bits per heavy atom. The van der Waals surface area contributed by atoms with Crippen molar-refractivity contribution in [3.8, 4) is 5.75 Å². The second-order valence-electron chi connectivity index (χ2n) is 3.63. The lowest BCUT2D eigenvalue weighted by molar-refractivity contribution is 0.415. The molecule has 0 amide bonds. The van der Waals surface area contributed by atoms with Crippen LogP contribution in [-0.4, -0.2) is 7.11 Å². The molecule has 4 heteroatoms. The van der Waals surface area contributed by atoms with E-state index in [1.54, 1.807) is 13.2 Å². The lowest BCUT2D eigenvalue weighted by Gasteiger charge is -2.09. The molecule has 0 aliphatic rings. The summed E-state index contributed by atoms with van der Waals surface area (Å²) >= 11 is 2.28. The quantitative estimate of drug-likeness (QED) is 0.663. The number of hydrogen-bond acceptors (Lipinski definition) is 3. The van der Waals surface area contributed by atoms with Gasteiger partial charge in [-0.15, -0.1) is 0 Å². The first-order chi connectivity index (χ1) is 8.17. The van der Waals surface area contributed by atoms with Gasteiger partial charge in [-0.1, -0.05) is 6.07 Å². The van der Waals surface area contributed by atoms with Crippen LogP contribution in [0.2, 0.25) is 0 Å². The topological polar surface area (TPSA) is 47.3 Å². The van der Waals surface area contributed by atoms with Gasteiger partial charge in [-0.3, -0.25) is 0 Å². The third-order valence-electron chi connectivity index (χ3n) is 2.28. The van der Waals surface area contributed by atoms with E-state index in [-0.39, 0.29) is 0 Å². The second kappa shape index (κ2) is 5.27. The number of benzene rings is 2. The largest absolute Gasteiger partial charge is 0.497 e. The van der Waals surface area contributed by atoms with Crippen molar-refractivity contribution in [1.29, 1.82) is 0 Å². The maximum Gasteiger partial charge on any atom is 0.122 e. The van der Waals surface area contributed by atoms with E-state index in [1.807, 2.05) is 30.3 Å². The van der Waals surface area contributed by atoms with Gasteiger partial charge in [-0.25, -0.2) is 0 Å². The van der Waals surface area contributed by atoms with E-state index < -0.39 is 0 Å². The van der Waals surface area contributed by atoms with Gasteiger partial charge < -0.3 is 15.8 Å². The van der Waals surface area contributed by atoms with E-state index in [0.29, 0.717) is 5.69 Å². The van der Waals surface area contributed by atoms with Crippen molar-refractivity contribution >= 4 is 39.7 Å². The number of halogens is 1. The smallest absolute Gasteiger partial charge is 0.122 e. The van der Waals surface area contributed by atoms with Crippen molar-refractivity contribution in [2.75, 3.05) is 18.2 Å². The van der Waals surface area contributed by atoms with Gasteiger partial charge in [0.15, 0.2) is 0 Å². The molecular formula is C13H13IN2O. The molecule has 0 bridgehead atoms. The standard InChI is InChI=1S/C13H13IN2O/c1-17-13-7-10(15)6-12(8-13)16-11-4-2-3-9(14)5-11/h2-8,16H,15H2,1H3. The zero-order chi connectivity index (χ0) is 12.3. The van der Waals surface area contributed by atoms with Crippen molar-refractivity contribution in [3.63, 3.8) is 0 Å². The fourth-order valence-electron chi connectivity index (χ4n) is 1.55. The molecule has 0 aromatic heterocycles. The Kier molecular flexibility index (Phi) is 3.73. The first-order valence-electron chi connectivity index (χ1n) is 5.14. The number of hydrogen-bond donors (Lipinski definition) is 2. The molecule has 2 aromatic rings. The van der Waals surface area contributed by atoms with E-state index in [1.165, 1.54) is 3.57 Å². The zero-order valence-corrected chi connectivity index (χ0v) is 11.6. The van der Waals surface area contributed by atoms with Crippen molar-refractivity contribution < 1.29 is 4.74 Å². The van der Waals surface area contributed by atoms with Crippen LogP contribution >= 0.6 is 22.6 Å². The molecule has 0 heterocycles. The molecular weight excluding hydrogens is 327 g/mol. The first-order valence-corrected chi connectivity index (χ1v) is 6.22. The summed E-state index contributed by atoms with van der Waals surface area (Å²) in [6.07, 6.45) is 0. The van der Waals surface area contributed by atoms with Gasteiger partial charge in [0, 0.05) is 32.8 Å². The van der Waals surface area contributed by atoms with Crippen LogP contribution in [-0.2, 0) is 0 Å². The van der Waals surface area contributed by atoms with Crippen LogP contribution in [0, 0.1) is 3.57 Å². The third kappa shape index (κ3) is 3.26. The zero-order valence-electron chi connectivity index (χ0n) is 9.41. The second-order valence-corrected chi connectivity index (χ2v) is 4.88. The lowest BCUT2D eigenvalue weighted by atomic mass is 10.2. The minimum absolute atomic E-state index is 0.678. The minimum atomic E-state index is 0.678. The highest BCUT2D eigenvalue weighted by Gasteiger charge is 2.00. The number of anilines is 3. The van der Waals surface area contributed by atoms with Crippen molar-refractivity contribution in [2.24, 2.45) is 0 Å². The van der Waals surface area contributed by atoms with Gasteiger partial charge >= 0.3 is 0 Å². The summed E-state index contributed by atoms with van der Waals surface area (Å²) in [7, 11) is 1.63. The number of nitrogens with one attached hydrogen (secondary N) is 1. The minimum Gasteiger partial charge on any atom is -0.497 e. The maximum absolute atomic E-state index is 5.80. The number of rotatable bonds is 3. The van der Waals surface area contributed by atoms with E-state index in [9.17, 15) is 0 Å². The van der Waals surface area contributed by atoms with Crippen molar-refractivity contribution in [3.05, 3.63) is 46.0 Å². The highest BCUT2D eigenvalue weighted by atomic mass is 127. The van der Waals surface area contributed by atoms with Crippen molar-refractivity contribution in [2.45, 2.75) is 0 Å². The maximum atomic E-state index is 5.80. The van der Waals surface area contributed by atoms with E-state index >= 15 is 0 Å². The number of ether oxygens (including phenoxy) is 1. The monoisotopic (exact) mass is 340 g/mol. The van der Waals surface area contributed by atoms with Gasteiger partial charge in [-0.05, 0) is 46.9 Å². The van der Waals surface area contributed by atoms with E-state index in [2.05, 4.69) is 34.0 Å². The lowest BCUT2D eigenvalue weighted by Crippen LogP contribution is -1.94. The van der Waals surface area contributed by atoms with Crippen LogP contribution < -0.4 is 15.8 Å². The highest BCUT2D eigenvalue weighted by Crippen LogP contribution is 2.25. The molecule has 0 spiro atoms. The molecule has 2 rings (SSSR count). The number of nitrogen functional groups attached to an aromatic ring is 1. The molecule has 0 radical (unpaired) electrons. The summed E-state index contributed by atoms with van der Waals surface area (Å²) in [5, 5.41) is 3.30. The molecule has 3 nitrogen and oxygen atoms in total. The Bertz CT molecular complexity index is 529. The molecule has 3 N–H and O–H groups in total. The summed E-state index contributed by atoms with van der Waals surface area (Å²) in [5.41, 5.74) is 8.43. The normalized spacial score (nSPS) is 10.0. The summed E-state index contributed by atoms with van der Waals surface area (Å²) in [5.74, 6) is 0.748. The molecule has 0 saturated heterocycles. The van der Waals surface area contributed by atoms with Gasteiger partial charge in [0.05, 0.1) is 7.11 Å². The molecule has 88 valence electrons. The SMILES string of the molecule is COc1cc(N)cc(Nc2cccc(I)c2)c1. The molecule has 0 fully saturated rings. The number of methoxy groups -OCH3 is 1. The Balaban J connectivity index is 2.26. The predicted octanol–water partition coefficient (Wildman–Crippen LogP) is 3.63. The molecule has 0 aliphatic heterocycles. The molecule has 0 atom stereocenters. The molecule has 17 heavy (non-hydrogen) atoms. The molecule has 0 saturated carbocycles. The third-order valence-corrected chi connectivity index (χ3v) is 2.95. The fourth-order valence-corrected chi connectivity index (χ4v) is 2.09.